The third kappa shape index (κ3) is 8.54. The first-order chi connectivity index (χ1) is 14.1. The van der Waals surface area contributed by atoms with Crippen molar-refractivity contribution in [2.75, 3.05) is 12.3 Å². The summed E-state index contributed by atoms with van der Waals surface area (Å²) in [4.78, 5) is 58.3. The van der Waals surface area contributed by atoms with Crippen LogP contribution in [0.5, 0.6) is 0 Å². The molecule has 6 N–H and O–H groups in total. The van der Waals surface area contributed by atoms with Crippen molar-refractivity contribution in [3.8, 4) is 0 Å². The first kappa shape index (κ1) is 25.6. The number of benzene rings is 1. The van der Waals surface area contributed by atoms with Gasteiger partial charge in [-0.15, -0.1) is 0 Å². The molecule has 1 aromatic rings. The van der Waals surface area contributed by atoms with Crippen LogP contribution >= 0.6 is 12.6 Å². The molecule has 2 unspecified atom stereocenters. The molecule has 0 bridgehead atoms. The van der Waals surface area contributed by atoms with Gasteiger partial charge in [-0.2, -0.15) is 0 Å². The number of thiol groups is 1. The van der Waals surface area contributed by atoms with Gasteiger partial charge >= 0.3 is 185 Å². The van der Waals surface area contributed by atoms with E-state index in [1.165, 1.54) is 0 Å². The number of hydrogen-bond acceptors (Lipinski definition) is 7. The average Bonchev–Trinajstić information content (AvgIpc) is 2.73. The summed E-state index contributed by atoms with van der Waals surface area (Å²) in [7, 11) is 0. The summed E-state index contributed by atoms with van der Waals surface area (Å²) in [6.45, 7) is -0.609. The van der Waals surface area contributed by atoms with Gasteiger partial charge in [-0.3, -0.25) is 0 Å². The second-order valence-electron chi connectivity index (χ2n) is 6.19. The summed E-state index contributed by atoms with van der Waals surface area (Å²) >= 11 is 3.12. The topological polar surface area (TPSA) is 176 Å². The van der Waals surface area contributed by atoms with Crippen LogP contribution in [-0.2, 0) is 19.2 Å². The molecule has 0 aliphatic rings. The fraction of sp³-hybridized carbons (Fsp3) is 0.389. The third-order valence-electron chi connectivity index (χ3n) is 3.89. The fourth-order valence-corrected chi connectivity index (χ4v) is 4.39. The molecule has 30 heavy (non-hydrogen) atoms. The van der Waals surface area contributed by atoms with Crippen molar-refractivity contribution in [3.05, 3.63) is 35.9 Å². The Morgan fingerprint density at radius 1 is 1.13 bits per heavy atom. The van der Waals surface area contributed by atoms with Crippen LogP contribution in [0.15, 0.2) is 30.3 Å². The molecule has 10 nitrogen and oxygen atoms in total. The number of carbonyl (C=O) groups excluding carboxylic acids is 3. The standard InChI is InChI=1S/C18H23N3O7SSe/c19-18(17(27)28,30-10-13(22)11-4-2-1-3-5-11)7-6-14(23)21-12(9-29)16(26)20-8-15(24)25/h1-5,12,29H,6-10,19H2,(H,20,26)(H,21,23)(H,24,25)(H,27,28). The molecule has 0 saturated heterocycles. The van der Waals surface area contributed by atoms with Gasteiger partial charge in [0, 0.05) is 0 Å². The Morgan fingerprint density at radius 2 is 1.77 bits per heavy atom. The van der Waals surface area contributed by atoms with Gasteiger partial charge in [-0.25, -0.2) is 0 Å². The van der Waals surface area contributed by atoms with E-state index in [0.717, 1.165) is 0 Å². The number of rotatable bonds is 13. The van der Waals surface area contributed by atoms with E-state index in [4.69, 9.17) is 10.8 Å². The van der Waals surface area contributed by atoms with Crippen molar-refractivity contribution in [3.63, 3.8) is 0 Å². The van der Waals surface area contributed by atoms with Crippen LogP contribution in [0.2, 0.25) is 5.32 Å². The summed E-state index contributed by atoms with van der Waals surface area (Å²) in [5.41, 5.74) is 6.41. The number of carboxylic acids is 2. The van der Waals surface area contributed by atoms with Crippen LogP contribution in [0.1, 0.15) is 23.2 Å². The zero-order chi connectivity index (χ0) is 22.7. The molecule has 2 amide bonds. The van der Waals surface area contributed by atoms with E-state index in [1.807, 2.05) is 0 Å². The van der Waals surface area contributed by atoms with Gasteiger partial charge in [-0.05, 0) is 0 Å². The first-order valence-corrected chi connectivity index (χ1v) is 11.4. The molecular formula is C18H23N3O7SSe. The second kappa shape index (κ2) is 12.3. The van der Waals surface area contributed by atoms with Crippen molar-refractivity contribution in [1.29, 1.82) is 0 Å². The van der Waals surface area contributed by atoms with Gasteiger partial charge in [0.2, 0.25) is 0 Å². The number of carboxylic acid groups (broad SMARTS) is 2. The van der Waals surface area contributed by atoms with Gasteiger partial charge < -0.3 is 0 Å². The molecule has 1 rings (SSSR count). The normalized spacial score (nSPS) is 13.5. The average molecular weight is 504 g/mol. The number of amides is 2. The maximum absolute atomic E-state index is 12.2. The Bertz CT molecular complexity index is 793. The Balaban J connectivity index is 2.62. The van der Waals surface area contributed by atoms with Crippen LogP contribution in [0.4, 0.5) is 0 Å². The SMILES string of the molecule is NC(CCC(=O)NC(CS)C(=O)NCC(=O)O)([Se]CC(=O)c1ccccc1)C(=O)O. The molecule has 1 aromatic carbocycles. The van der Waals surface area contributed by atoms with Crippen molar-refractivity contribution in [2.45, 2.75) is 28.6 Å². The molecule has 12 heteroatoms. The summed E-state index contributed by atoms with van der Waals surface area (Å²) < 4.78 is -1.74. The monoisotopic (exact) mass is 505 g/mol. The predicted octanol–water partition coefficient (Wildman–Crippen LogP) is -0.873. The molecule has 0 aliphatic heterocycles. The van der Waals surface area contributed by atoms with E-state index >= 15 is 0 Å². The van der Waals surface area contributed by atoms with Crippen LogP contribution in [-0.4, -0.2) is 77.5 Å². The van der Waals surface area contributed by atoms with Gasteiger partial charge in [0.05, 0.1) is 0 Å². The molecule has 0 radical (unpaired) electrons. The molecule has 0 saturated carbocycles. The fourth-order valence-electron chi connectivity index (χ4n) is 2.19. The quantitative estimate of drug-likeness (QED) is 0.114. The minimum absolute atomic E-state index is 0.0434. The molecule has 0 spiro atoms. The van der Waals surface area contributed by atoms with Crippen molar-refractivity contribution in [2.24, 2.45) is 5.73 Å². The number of nitrogens with one attached hydrogen (secondary N) is 2. The number of aliphatic carboxylic acids is 2. The molecular weight excluding hydrogens is 481 g/mol. The zero-order valence-corrected chi connectivity index (χ0v) is 18.5. The number of nitrogens with two attached hydrogens (primary N) is 1. The van der Waals surface area contributed by atoms with Gasteiger partial charge in [0.15, 0.2) is 0 Å². The van der Waals surface area contributed by atoms with Crippen molar-refractivity contribution >= 4 is 57.1 Å². The van der Waals surface area contributed by atoms with E-state index in [-0.39, 0.29) is 29.7 Å². The molecule has 2 atom stereocenters. The van der Waals surface area contributed by atoms with Crippen LogP contribution in [0, 0.1) is 0 Å². The third-order valence-corrected chi connectivity index (χ3v) is 6.98. The Labute approximate surface area is 184 Å². The summed E-state index contributed by atoms with van der Waals surface area (Å²) in [6.07, 6.45) is -0.521. The zero-order valence-electron chi connectivity index (χ0n) is 15.9. The van der Waals surface area contributed by atoms with E-state index in [1.54, 1.807) is 30.3 Å². The van der Waals surface area contributed by atoms with Crippen molar-refractivity contribution < 1.29 is 34.2 Å². The van der Waals surface area contributed by atoms with Gasteiger partial charge in [0.1, 0.15) is 0 Å². The van der Waals surface area contributed by atoms with E-state index in [0.29, 0.717) is 5.56 Å². The minimum atomic E-state index is -1.74. The van der Waals surface area contributed by atoms with E-state index in [2.05, 4.69) is 23.3 Å². The van der Waals surface area contributed by atoms with Crippen LogP contribution in [0.3, 0.4) is 0 Å². The maximum atomic E-state index is 12.2. The van der Waals surface area contributed by atoms with Gasteiger partial charge in [0.25, 0.3) is 0 Å². The van der Waals surface area contributed by atoms with Crippen molar-refractivity contribution in [1.82, 2.24) is 10.6 Å². The summed E-state index contributed by atoms with van der Waals surface area (Å²) in [5.74, 6) is -4.24. The predicted molar refractivity (Wildman–Crippen MR) is 112 cm³/mol. The second-order valence-corrected chi connectivity index (χ2v) is 9.29. The van der Waals surface area contributed by atoms with Crippen LogP contribution < -0.4 is 16.4 Å². The Kier molecular flexibility index (Phi) is 10.5. The van der Waals surface area contributed by atoms with Crippen LogP contribution in [0.25, 0.3) is 0 Å². The first-order valence-electron chi connectivity index (χ1n) is 8.73. The summed E-state index contributed by atoms with van der Waals surface area (Å²) in [5, 5.41) is 22.5. The Morgan fingerprint density at radius 3 is 2.30 bits per heavy atom. The Hall–Kier alpha value is -2.40. The number of hydrogen-bond donors (Lipinski definition) is 6. The number of ketones is 1. The number of Topliss-reactive ketones (excluding diaryl/α,β-unsaturated/α-hetero) is 1. The number of carbonyl (C=O) groups is 5. The molecule has 0 aliphatic carbocycles. The van der Waals surface area contributed by atoms with Gasteiger partial charge in [-0.1, -0.05) is 0 Å². The molecule has 0 fully saturated rings. The van der Waals surface area contributed by atoms with E-state index in [9.17, 15) is 29.1 Å². The van der Waals surface area contributed by atoms with E-state index < -0.39 is 55.7 Å². The molecule has 0 aromatic heterocycles. The molecule has 164 valence electrons. The molecule has 0 heterocycles. The summed E-state index contributed by atoms with van der Waals surface area (Å²) in [6, 6.07) is 7.31.